The van der Waals surface area contributed by atoms with Crippen LogP contribution in [-0.4, -0.2) is 53.8 Å². The number of rotatable bonds is 4. The number of carbonyl (C=O) groups excluding carboxylic acids is 1. The van der Waals surface area contributed by atoms with Gasteiger partial charge in [0.25, 0.3) is 5.91 Å². The van der Waals surface area contributed by atoms with Gasteiger partial charge in [0.2, 0.25) is 0 Å². The maximum Gasteiger partial charge on any atom is 0.407 e. The largest absolute Gasteiger partial charge is 0.488 e. The van der Waals surface area contributed by atoms with E-state index in [-0.39, 0.29) is 38.3 Å². The van der Waals surface area contributed by atoms with Crippen molar-refractivity contribution in [2.45, 2.75) is 31.6 Å². The Kier molecular flexibility index (Phi) is 6.42. The highest BCUT2D eigenvalue weighted by Crippen LogP contribution is 2.39. The Morgan fingerprint density at radius 1 is 1.27 bits per heavy atom. The minimum absolute atomic E-state index is 0.128. The molecule has 2 heterocycles. The van der Waals surface area contributed by atoms with Crippen molar-refractivity contribution in [1.82, 2.24) is 10.2 Å². The summed E-state index contributed by atoms with van der Waals surface area (Å²) < 4.78 is 39.5. The Labute approximate surface area is 188 Å². The SMILES string of the molecule is N#CC(Cc1cc2c(cc1F)-c1ccc(F)cc1CO2)NC(=O)[C@@H]1CN(C(=O)O)CCCO1. The number of nitrogens with zero attached hydrogens (tertiary/aromatic N) is 2. The van der Waals surface area contributed by atoms with Crippen molar-refractivity contribution in [3.63, 3.8) is 0 Å². The fraction of sp³-hybridized carbons (Fsp3) is 0.348. The molecular formula is C23H21F2N3O5. The van der Waals surface area contributed by atoms with Gasteiger partial charge in [0.15, 0.2) is 6.10 Å². The standard InChI is InChI=1S/C23H21F2N3O5/c24-15-2-3-17-14(6-15)12-33-20-8-13(19(25)9-18(17)20)7-16(10-26)27-22(29)21-11-28(23(30)31)4-1-5-32-21/h2-3,6,8-9,16,21H,1,4-5,7,11-12H2,(H,27,29)(H,30,31)/t16?,21-/m0/s1. The molecule has 0 radical (unpaired) electrons. The van der Waals surface area contributed by atoms with Crippen LogP contribution in [0.4, 0.5) is 13.6 Å². The van der Waals surface area contributed by atoms with E-state index in [1.54, 1.807) is 6.07 Å². The van der Waals surface area contributed by atoms with E-state index in [1.165, 1.54) is 24.3 Å². The molecule has 0 bridgehead atoms. The van der Waals surface area contributed by atoms with Gasteiger partial charge in [-0.3, -0.25) is 4.79 Å². The fourth-order valence-corrected chi connectivity index (χ4v) is 3.95. The van der Waals surface area contributed by atoms with Crippen LogP contribution in [0.25, 0.3) is 11.1 Å². The molecule has 2 aromatic rings. The number of carboxylic acid groups (broad SMARTS) is 1. The van der Waals surface area contributed by atoms with Crippen LogP contribution in [-0.2, 0) is 22.6 Å². The summed E-state index contributed by atoms with van der Waals surface area (Å²) in [5.74, 6) is -1.24. The van der Waals surface area contributed by atoms with Gasteiger partial charge in [0, 0.05) is 30.7 Å². The summed E-state index contributed by atoms with van der Waals surface area (Å²) in [5, 5.41) is 21.2. The summed E-state index contributed by atoms with van der Waals surface area (Å²) in [6.45, 7) is 0.432. The average molecular weight is 457 g/mol. The van der Waals surface area contributed by atoms with Crippen LogP contribution in [0.3, 0.4) is 0 Å². The van der Waals surface area contributed by atoms with Crippen molar-refractivity contribution < 1.29 is 33.0 Å². The van der Waals surface area contributed by atoms with E-state index in [1.807, 2.05) is 6.07 Å². The first-order chi connectivity index (χ1) is 15.9. The van der Waals surface area contributed by atoms with Gasteiger partial charge in [0.1, 0.15) is 30.0 Å². The van der Waals surface area contributed by atoms with Gasteiger partial charge in [0.05, 0.1) is 12.6 Å². The zero-order chi connectivity index (χ0) is 23.5. The fourth-order valence-electron chi connectivity index (χ4n) is 3.95. The van der Waals surface area contributed by atoms with Gasteiger partial charge in [-0.05, 0) is 41.8 Å². The smallest absolute Gasteiger partial charge is 0.407 e. The molecule has 2 aliphatic rings. The minimum atomic E-state index is -1.16. The number of nitrogens with one attached hydrogen (secondary N) is 1. The van der Waals surface area contributed by atoms with E-state index < -0.39 is 35.8 Å². The highest BCUT2D eigenvalue weighted by atomic mass is 19.1. The molecule has 0 spiro atoms. The number of fused-ring (bicyclic) bond motifs is 3. The number of amides is 2. The van der Waals surface area contributed by atoms with Gasteiger partial charge in [-0.1, -0.05) is 6.07 Å². The molecule has 10 heteroatoms. The lowest BCUT2D eigenvalue weighted by Gasteiger charge is -2.23. The number of hydrogen-bond acceptors (Lipinski definition) is 5. The second kappa shape index (κ2) is 9.42. The third kappa shape index (κ3) is 4.88. The van der Waals surface area contributed by atoms with Crippen molar-refractivity contribution in [2.24, 2.45) is 0 Å². The van der Waals surface area contributed by atoms with Gasteiger partial charge in [-0.15, -0.1) is 0 Å². The Morgan fingerprint density at radius 3 is 2.85 bits per heavy atom. The van der Waals surface area contributed by atoms with Crippen LogP contribution in [0.2, 0.25) is 0 Å². The summed E-state index contributed by atoms with van der Waals surface area (Å²) in [5.41, 5.74) is 1.92. The first-order valence-corrected chi connectivity index (χ1v) is 10.4. The second-order valence-corrected chi connectivity index (χ2v) is 7.87. The van der Waals surface area contributed by atoms with Crippen molar-refractivity contribution in [3.8, 4) is 22.9 Å². The number of hydrogen-bond donors (Lipinski definition) is 2. The molecular weight excluding hydrogens is 436 g/mol. The van der Waals surface area contributed by atoms with Gasteiger partial charge >= 0.3 is 6.09 Å². The Hall–Kier alpha value is -3.71. The predicted octanol–water partition coefficient (Wildman–Crippen LogP) is 2.84. The van der Waals surface area contributed by atoms with Crippen LogP contribution in [0.15, 0.2) is 30.3 Å². The molecule has 2 amide bonds. The maximum absolute atomic E-state index is 14.9. The van der Waals surface area contributed by atoms with E-state index >= 15 is 0 Å². The Morgan fingerprint density at radius 2 is 2.09 bits per heavy atom. The summed E-state index contributed by atoms with van der Waals surface area (Å²) in [6, 6.07) is 7.81. The topological polar surface area (TPSA) is 112 Å². The quantitative estimate of drug-likeness (QED) is 0.730. The molecule has 2 aliphatic heterocycles. The highest BCUT2D eigenvalue weighted by Gasteiger charge is 2.29. The molecule has 0 saturated carbocycles. The van der Waals surface area contributed by atoms with E-state index in [0.717, 1.165) is 4.90 Å². The molecule has 2 atom stereocenters. The molecule has 1 unspecified atom stereocenters. The maximum atomic E-state index is 14.9. The molecule has 2 aromatic carbocycles. The van der Waals surface area contributed by atoms with E-state index in [0.29, 0.717) is 28.9 Å². The number of nitriles is 1. The van der Waals surface area contributed by atoms with Crippen LogP contribution in [0.1, 0.15) is 17.5 Å². The first-order valence-electron chi connectivity index (χ1n) is 10.4. The first kappa shape index (κ1) is 22.5. The minimum Gasteiger partial charge on any atom is -0.488 e. The lowest BCUT2D eigenvalue weighted by atomic mass is 9.94. The van der Waals surface area contributed by atoms with Crippen molar-refractivity contribution in [1.29, 1.82) is 5.26 Å². The lowest BCUT2D eigenvalue weighted by Crippen LogP contribution is -2.47. The van der Waals surface area contributed by atoms with Crippen LogP contribution >= 0.6 is 0 Å². The lowest BCUT2D eigenvalue weighted by molar-refractivity contribution is -0.133. The van der Waals surface area contributed by atoms with Crippen molar-refractivity contribution in [3.05, 3.63) is 53.1 Å². The molecule has 0 aromatic heterocycles. The average Bonchev–Trinajstić information content (AvgIpc) is 3.05. The van der Waals surface area contributed by atoms with E-state index in [2.05, 4.69) is 5.32 Å². The number of benzene rings is 2. The van der Waals surface area contributed by atoms with Gasteiger partial charge < -0.3 is 24.8 Å². The number of ether oxygens (including phenoxy) is 2. The number of carbonyl (C=O) groups is 2. The van der Waals surface area contributed by atoms with Crippen LogP contribution < -0.4 is 10.1 Å². The Balaban J connectivity index is 1.49. The summed E-state index contributed by atoms with van der Waals surface area (Å²) in [7, 11) is 0. The monoisotopic (exact) mass is 457 g/mol. The third-order valence-corrected chi connectivity index (χ3v) is 5.63. The molecule has 1 saturated heterocycles. The van der Waals surface area contributed by atoms with Crippen LogP contribution in [0, 0.1) is 23.0 Å². The van der Waals surface area contributed by atoms with Crippen molar-refractivity contribution in [2.75, 3.05) is 19.7 Å². The zero-order valence-corrected chi connectivity index (χ0v) is 17.5. The Bertz CT molecular complexity index is 1130. The summed E-state index contributed by atoms with van der Waals surface area (Å²) in [4.78, 5) is 24.9. The normalized spacial score (nSPS) is 18.1. The van der Waals surface area contributed by atoms with Crippen molar-refractivity contribution >= 4 is 12.0 Å². The molecule has 172 valence electrons. The molecule has 0 aliphatic carbocycles. The predicted molar refractivity (Wildman–Crippen MR) is 111 cm³/mol. The zero-order valence-electron chi connectivity index (χ0n) is 17.5. The molecule has 33 heavy (non-hydrogen) atoms. The second-order valence-electron chi connectivity index (χ2n) is 7.87. The summed E-state index contributed by atoms with van der Waals surface area (Å²) >= 11 is 0. The molecule has 4 rings (SSSR count). The summed E-state index contributed by atoms with van der Waals surface area (Å²) in [6.07, 6.45) is -1.90. The van der Waals surface area contributed by atoms with E-state index in [4.69, 9.17) is 9.47 Å². The number of halogens is 2. The van der Waals surface area contributed by atoms with Gasteiger partial charge in [-0.2, -0.15) is 5.26 Å². The molecule has 2 N–H and O–H groups in total. The molecule has 1 fully saturated rings. The van der Waals surface area contributed by atoms with E-state index in [9.17, 15) is 28.7 Å². The van der Waals surface area contributed by atoms with Crippen LogP contribution in [0.5, 0.6) is 5.75 Å². The molecule has 8 nitrogen and oxygen atoms in total. The van der Waals surface area contributed by atoms with Gasteiger partial charge in [-0.25, -0.2) is 13.6 Å². The third-order valence-electron chi connectivity index (χ3n) is 5.63. The highest BCUT2D eigenvalue weighted by molar-refractivity contribution is 5.82.